The molecule has 1 aliphatic heterocycles. The van der Waals surface area contributed by atoms with Gasteiger partial charge >= 0.3 is 0 Å². The van der Waals surface area contributed by atoms with Crippen molar-refractivity contribution >= 4 is 5.91 Å². The normalized spacial score (nSPS) is 18.0. The molecule has 0 saturated heterocycles. The highest BCUT2D eigenvalue weighted by atomic mass is 16.5. The SMILES string of the molecule is C[C@H]1Oc2c(C(=O)NCc3ccccc3Cn3ccnc3)cccc2[C@@H]1C. The summed E-state index contributed by atoms with van der Waals surface area (Å²) < 4.78 is 7.96. The van der Waals surface area contributed by atoms with Gasteiger partial charge < -0.3 is 14.6 Å². The number of carbonyl (C=O) groups is 1. The molecule has 1 N–H and O–H groups in total. The van der Waals surface area contributed by atoms with Crippen LogP contribution in [0.2, 0.25) is 0 Å². The van der Waals surface area contributed by atoms with Crippen molar-refractivity contribution in [1.29, 1.82) is 0 Å². The van der Waals surface area contributed by atoms with Crippen molar-refractivity contribution in [3.8, 4) is 5.75 Å². The lowest BCUT2D eigenvalue weighted by molar-refractivity contribution is 0.0946. The summed E-state index contributed by atoms with van der Waals surface area (Å²) in [5, 5.41) is 3.05. The van der Waals surface area contributed by atoms with E-state index >= 15 is 0 Å². The number of fused-ring (bicyclic) bond motifs is 1. The zero-order valence-electron chi connectivity index (χ0n) is 15.6. The summed E-state index contributed by atoms with van der Waals surface area (Å²) in [6, 6.07) is 13.9. The van der Waals surface area contributed by atoms with Gasteiger partial charge in [-0.2, -0.15) is 0 Å². The molecule has 0 unspecified atom stereocenters. The molecule has 0 radical (unpaired) electrons. The summed E-state index contributed by atoms with van der Waals surface area (Å²) in [7, 11) is 0. The maximum atomic E-state index is 12.8. The molecular weight excluding hydrogens is 338 g/mol. The Morgan fingerprint density at radius 1 is 1.15 bits per heavy atom. The standard InChI is InChI=1S/C22H23N3O2/c1-15-16(2)27-21-19(15)8-5-9-20(21)22(26)24-12-17-6-3-4-7-18(17)13-25-11-10-23-14-25/h3-11,14-16H,12-13H2,1-2H3,(H,24,26)/t15-,16-/m1/s1. The Morgan fingerprint density at radius 3 is 2.74 bits per heavy atom. The number of imidazole rings is 1. The first-order valence-corrected chi connectivity index (χ1v) is 9.24. The fraction of sp³-hybridized carbons (Fsp3) is 0.273. The molecular formula is C22H23N3O2. The van der Waals surface area contributed by atoms with Crippen LogP contribution in [0.25, 0.3) is 0 Å². The van der Waals surface area contributed by atoms with E-state index in [1.54, 1.807) is 12.5 Å². The number of amides is 1. The van der Waals surface area contributed by atoms with Crippen LogP contribution in [0.1, 0.15) is 46.8 Å². The van der Waals surface area contributed by atoms with E-state index in [0.717, 1.165) is 29.0 Å². The Morgan fingerprint density at radius 2 is 1.96 bits per heavy atom. The number of nitrogens with zero attached hydrogens (tertiary/aromatic N) is 2. The minimum Gasteiger partial charge on any atom is -0.489 e. The van der Waals surface area contributed by atoms with Crippen LogP contribution in [-0.2, 0) is 13.1 Å². The summed E-state index contributed by atoms with van der Waals surface area (Å²) in [5.74, 6) is 0.913. The molecule has 0 aliphatic carbocycles. The number of carbonyl (C=O) groups excluding carboxylic acids is 1. The molecule has 1 amide bonds. The molecule has 0 bridgehead atoms. The van der Waals surface area contributed by atoms with Crippen LogP contribution >= 0.6 is 0 Å². The van der Waals surface area contributed by atoms with Crippen LogP contribution in [0.15, 0.2) is 61.2 Å². The topological polar surface area (TPSA) is 56.1 Å². The third-order valence-electron chi connectivity index (χ3n) is 5.26. The first-order valence-electron chi connectivity index (χ1n) is 9.24. The number of ether oxygens (including phenoxy) is 1. The molecule has 3 aromatic rings. The predicted molar refractivity (Wildman–Crippen MR) is 104 cm³/mol. The number of benzene rings is 2. The van der Waals surface area contributed by atoms with Crippen LogP contribution in [0.5, 0.6) is 5.75 Å². The Labute approximate surface area is 159 Å². The van der Waals surface area contributed by atoms with Crippen LogP contribution in [-0.4, -0.2) is 21.6 Å². The molecule has 2 atom stereocenters. The second-order valence-electron chi connectivity index (χ2n) is 7.02. The highest BCUT2D eigenvalue weighted by Crippen LogP contribution is 2.40. The minimum absolute atomic E-state index is 0.0878. The van der Waals surface area contributed by atoms with Crippen molar-refractivity contribution in [1.82, 2.24) is 14.9 Å². The van der Waals surface area contributed by atoms with Crippen LogP contribution in [0.3, 0.4) is 0 Å². The van der Waals surface area contributed by atoms with E-state index in [2.05, 4.69) is 23.3 Å². The third kappa shape index (κ3) is 3.45. The van der Waals surface area contributed by atoms with Crippen molar-refractivity contribution in [2.24, 2.45) is 0 Å². The van der Waals surface area contributed by atoms with Gasteiger partial charge in [-0.1, -0.05) is 43.3 Å². The number of rotatable bonds is 5. The largest absolute Gasteiger partial charge is 0.489 e. The Hall–Kier alpha value is -3.08. The van der Waals surface area contributed by atoms with Gasteiger partial charge in [-0.15, -0.1) is 0 Å². The lowest BCUT2D eigenvalue weighted by atomic mass is 9.97. The molecule has 27 heavy (non-hydrogen) atoms. The lowest BCUT2D eigenvalue weighted by Gasteiger charge is -2.13. The van der Waals surface area contributed by atoms with E-state index in [1.165, 1.54) is 0 Å². The van der Waals surface area contributed by atoms with E-state index in [0.29, 0.717) is 18.0 Å². The van der Waals surface area contributed by atoms with Crippen molar-refractivity contribution in [2.45, 2.75) is 39.0 Å². The monoisotopic (exact) mass is 361 g/mol. The molecule has 2 aromatic carbocycles. The highest BCUT2D eigenvalue weighted by Gasteiger charge is 2.30. The van der Waals surface area contributed by atoms with Gasteiger partial charge in [0.05, 0.1) is 11.9 Å². The first-order chi connectivity index (χ1) is 13.1. The van der Waals surface area contributed by atoms with Gasteiger partial charge in [-0.3, -0.25) is 4.79 Å². The van der Waals surface area contributed by atoms with E-state index in [9.17, 15) is 4.79 Å². The fourth-order valence-corrected chi connectivity index (χ4v) is 3.50. The smallest absolute Gasteiger partial charge is 0.255 e. The van der Waals surface area contributed by atoms with E-state index < -0.39 is 0 Å². The van der Waals surface area contributed by atoms with Gasteiger partial charge in [0.1, 0.15) is 11.9 Å². The van der Waals surface area contributed by atoms with Crippen molar-refractivity contribution in [3.05, 3.63) is 83.4 Å². The average molecular weight is 361 g/mol. The number of hydrogen-bond acceptors (Lipinski definition) is 3. The summed E-state index contributed by atoms with van der Waals surface area (Å²) in [4.78, 5) is 16.9. The molecule has 4 rings (SSSR count). The third-order valence-corrected chi connectivity index (χ3v) is 5.26. The highest BCUT2D eigenvalue weighted by molar-refractivity contribution is 5.97. The molecule has 5 nitrogen and oxygen atoms in total. The molecule has 0 fully saturated rings. The molecule has 5 heteroatoms. The molecule has 2 heterocycles. The Bertz CT molecular complexity index is 950. The summed E-state index contributed by atoms with van der Waals surface area (Å²) >= 11 is 0. The van der Waals surface area contributed by atoms with Crippen LogP contribution in [0, 0.1) is 0 Å². The minimum atomic E-state index is -0.106. The van der Waals surface area contributed by atoms with E-state index in [4.69, 9.17) is 4.74 Å². The molecule has 0 spiro atoms. The molecule has 0 saturated carbocycles. The zero-order chi connectivity index (χ0) is 18.8. The Balaban J connectivity index is 1.50. The van der Waals surface area contributed by atoms with Gasteiger partial charge in [-0.25, -0.2) is 4.98 Å². The van der Waals surface area contributed by atoms with Gasteiger partial charge in [0.15, 0.2) is 0 Å². The van der Waals surface area contributed by atoms with Crippen molar-refractivity contribution in [3.63, 3.8) is 0 Å². The lowest BCUT2D eigenvalue weighted by Crippen LogP contribution is -2.24. The Kier molecular flexibility index (Phi) is 4.67. The number of aromatic nitrogens is 2. The quantitative estimate of drug-likeness (QED) is 0.753. The molecule has 138 valence electrons. The van der Waals surface area contributed by atoms with Gasteiger partial charge in [-0.05, 0) is 24.1 Å². The van der Waals surface area contributed by atoms with Crippen molar-refractivity contribution < 1.29 is 9.53 Å². The van der Waals surface area contributed by atoms with Gasteiger partial charge in [0, 0.05) is 37.0 Å². The number of hydrogen-bond donors (Lipinski definition) is 1. The summed E-state index contributed by atoms with van der Waals surface area (Å²) in [5.41, 5.74) is 3.97. The van der Waals surface area contributed by atoms with E-state index in [1.807, 2.05) is 54.1 Å². The maximum absolute atomic E-state index is 12.8. The first kappa shape index (κ1) is 17.3. The number of nitrogens with one attached hydrogen (secondary N) is 1. The number of para-hydroxylation sites is 1. The second kappa shape index (κ2) is 7.27. The van der Waals surface area contributed by atoms with Crippen LogP contribution < -0.4 is 10.1 Å². The molecule has 1 aromatic heterocycles. The van der Waals surface area contributed by atoms with Crippen molar-refractivity contribution in [2.75, 3.05) is 0 Å². The fourth-order valence-electron chi connectivity index (χ4n) is 3.50. The zero-order valence-corrected chi connectivity index (χ0v) is 15.6. The van der Waals surface area contributed by atoms with Crippen LogP contribution in [0.4, 0.5) is 0 Å². The second-order valence-corrected chi connectivity index (χ2v) is 7.02. The van der Waals surface area contributed by atoms with Gasteiger partial charge in [0.25, 0.3) is 5.91 Å². The molecule has 1 aliphatic rings. The predicted octanol–water partition coefficient (Wildman–Crippen LogP) is 3.75. The van der Waals surface area contributed by atoms with E-state index in [-0.39, 0.29) is 12.0 Å². The summed E-state index contributed by atoms with van der Waals surface area (Å²) in [6.45, 7) is 5.37. The van der Waals surface area contributed by atoms with Gasteiger partial charge in [0.2, 0.25) is 0 Å². The average Bonchev–Trinajstić information content (AvgIpc) is 3.29. The maximum Gasteiger partial charge on any atom is 0.255 e. The summed E-state index contributed by atoms with van der Waals surface area (Å²) in [6.07, 6.45) is 5.58.